The maximum Gasteiger partial charge on any atom is 0.330 e. The van der Waals surface area contributed by atoms with Crippen LogP contribution >= 0.6 is 0 Å². The largest absolute Gasteiger partial charge is 0.469 e. The van der Waals surface area contributed by atoms with Gasteiger partial charge in [-0.1, -0.05) is 20.1 Å². The van der Waals surface area contributed by atoms with Crippen molar-refractivity contribution in [2.24, 2.45) is 0 Å². The molecule has 2 N–H and O–H groups in total. The number of carbonyl (C=O) groups is 3. The van der Waals surface area contributed by atoms with Crippen LogP contribution in [0.4, 0.5) is 0 Å². The zero-order chi connectivity index (χ0) is 18.7. The first-order chi connectivity index (χ1) is 11.3. The molecule has 0 aliphatic heterocycles. The van der Waals surface area contributed by atoms with Crippen molar-refractivity contribution in [2.45, 2.75) is 50.6 Å². The van der Waals surface area contributed by atoms with Crippen LogP contribution in [0.25, 0.3) is 0 Å². The molecule has 0 aromatic carbocycles. The lowest BCUT2D eigenvalue weighted by atomic mass is 9.99. The molecule has 4 atom stereocenters. The van der Waals surface area contributed by atoms with Crippen LogP contribution in [0.1, 0.15) is 26.2 Å². The Bertz CT molecular complexity index is 459. The number of aliphatic hydroxyl groups is 2. The highest BCUT2D eigenvalue weighted by molar-refractivity contribution is 5.81. The molecule has 0 spiro atoms. The second-order valence-electron chi connectivity index (χ2n) is 4.92. The molecule has 4 unspecified atom stereocenters. The summed E-state index contributed by atoms with van der Waals surface area (Å²) >= 11 is 0. The van der Waals surface area contributed by atoms with Crippen molar-refractivity contribution in [2.75, 3.05) is 7.11 Å². The minimum atomic E-state index is -1.40. The number of esters is 3. The standard InChI is InChI=1S/C16H24O8/c1-5-12(23-14(19)6-2)10(17)8-13(24-15(20)7-3)11(18)9-16(21)22-4/h6-7,10-13,17-18H,2-3,5,8-9H2,1,4H3. The fourth-order valence-corrected chi connectivity index (χ4v) is 1.89. The van der Waals surface area contributed by atoms with Gasteiger partial charge in [0, 0.05) is 18.6 Å². The van der Waals surface area contributed by atoms with Crippen molar-refractivity contribution in [3.05, 3.63) is 25.3 Å². The Morgan fingerprint density at radius 1 is 1.00 bits per heavy atom. The molecule has 0 aromatic heterocycles. The lowest BCUT2D eigenvalue weighted by molar-refractivity contribution is -0.162. The van der Waals surface area contributed by atoms with Gasteiger partial charge in [0.15, 0.2) is 0 Å². The van der Waals surface area contributed by atoms with Crippen LogP contribution in [0.2, 0.25) is 0 Å². The minimum absolute atomic E-state index is 0.249. The quantitative estimate of drug-likeness (QED) is 0.311. The van der Waals surface area contributed by atoms with Gasteiger partial charge in [-0.25, -0.2) is 9.59 Å². The first-order valence-electron chi connectivity index (χ1n) is 7.37. The van der Waals surface area contributed by atoms with Gasteiger partial charge in [0.1, 0.15) is 18.3 Å². The van der Waals surface area contributed by atoms with Crippen LogP contribution in [0.5, 0.6) is 0 Å². The molecule has 0 aliphatic rings. The van der Waals surface area contributed by atoms with E-state index in [1.165, 1.54) is 0 Å². The van der Waals surface area contributed by atoms with E-state index in [1.807, 2.05) is 0 Å². The van der Waals surface area contributed by atoms with Crippen molar-refractivity contribution in [1.29, 1.82) is 0 Å². The molecule has 0 aliphatic carbocycles. The van der Waals surface area contributed by atoms with Crippen LogP contribution < -0.4 is 0 Å². The topological polar surface area (TPSA) is 119 Å². The number of hydrogen-bond acceptors (Lipinski definition) is 8. The van der Waals surface area contributed by atoms with Crippen molar-refractivity contribution in [1.82, 2.24) is 0 Å². The molecule has 0 bridgehead atoms. The van der Waals surface area contributed by atoms with Gasteiger partial charge >= 0.3 is 17.9 Å². The van der Waals surface area contributed by atoms with Crippen LogP contribution in [0, 0.1) is 0 Å². The second kappa shape index (κ2) is 11.4. The molecular weight excluding hydrogens is 320 g/mol. The highest BCUT2D eigenvalue weighted by atomic mass is 16.6. The summed E-state index contributed by atoms with van der Waals surface area (Å²) in [5.74, 6) is -2.25. The van der Waals surface area contributed by atoms with Crippen molar-refractivity contribution in [3.8, 4) is 0 Å². The average Bonchev–Trinajstić information content (AvgIpc) is 2.57. The Labute approximate surface area is 140 Å². The molecular formula is C16H24O8. The van der Waals surface area contributed by atoms with Gasteiger partial charge in [-0.2, -0.15) is 0 Å². The van der Waals surface area contributed by atoms with Crippen LogP contribution in [0.15, 0.2) is 25.3 Å². The Kier molecular flexibility index (Phi) is 10.3. The van der Waals surface area contributed by atoms with Gasteiger partial charge in [0.25, 0.3) is 0 Å². The molecule has 8 heteroatoms. The molecule has 0 saturated heterocycles. The summed E-state index contributed by atoms with van der Waals surface area (Å²) in [6, 6.07) is 0. The molecule has 24 heavy (non-hydrogen) atoms. The third kappa shape index (κ3) is 7.89. The molecule has 136 valence electrons. The predicted molar refractivity (Wildman–Crippen MR) is 83.7 cm³/mol. The van der Waals surface area contributed by atoms with Crippen LogP contribution in [0.3, 0.4) is 0 Å². The maximum absolute atomic E-state index is 11.4. The maximum atomic E-state index is 11.4. The van der Waals surface area contributed by atoms with Gasteiger partial charge < -0.3 is 24.4 Å². The molecule has 8 nitrogen and oxygen atoms in total. The first-order valence-corrected chi connectivity index (χ1v) is 7.37. The van der Waals surface area contributed by atoms with Gasteiger partial charge in [-0.3, -0.25) is 4.79 Å². The smallest absolute Gasteiger partial charge is 0.330 e. The molecule has 0 radical (unpaired) electrons. The van der Waals surface area contributed by atoms with E-state index in [9.17, 15) is 24.6 Å². The SMILES string of the molecule is C=CC(=O)OC(CC)C(O)CC(OC(=O)C=C)C(O)CC(=O)OC. The number of hydrogen-bond donors (Lipinski definition) is 2. The van der Waals surface area contributed by atoms with Crippen molar-refractivity contribution in [3.63, 3.8) is 0 Å². The Morgan fingerprint density at radius 2 is 1.50 bits per heavy atom. The summed E-state index contributed by atoms with van der Waals surface area (Å²) in [7, 11) is 1.15. The molecule has 0 saturated carbocycles. The Balaban J connectivity index is 5.02. The van der Waals surface area contributed by atoms with Crippen LogP contribution in [-0.2, 0) is 28.6 Å². The van der Waals surface area contributed by atoms with Crippen molar-refractivity contribution < 1.29 is 38.8 Å². The summed E-state index contributed by atoms with van der Waals surface area (Å²) in [5, 5.41) is 20.2. The summed E-state index contributed by atoms with van der Waals surface area (Å²) in [5.41, 5.74) is 0. The van der Waals surface area contributed by atoms with E-state index < -0.39 is 48.7 Å². The molecule has 0 rings (SSSR count). The van der Waals surface area contributed by atoms with Gasteiger partial charge in [-0.15, -0.1) is 0 Å². The van der Waals surface area contributed by atoms with Gasteiger partial charge in [-0.05, 0) is 6.42 Å². The van der Waals surface area contributed by atoms with Gasteiger partial charge in [0.2, 0.25) is 0 Å². The highest BCUT2D eigenvalue weighted by Gasteiger charge is 2.31. The minimum Gasteiger partial charge on any atom is -0.469 e. The molecule has 0 fully saturated rings. The predicted octanol–water partition coefficient (Wildman–Crippen LogP) is 0.267. The molecule has 0 heterocycles. The first kappa shape index (κ1) is 21.8. The second-order valence-corrected chi connectivity index (χ2v) is 4.92. The van der Waals surface area contributed by atoms with E-state index in [4.69, 9.17) is 9.47 Å². The normalized spacial score (nSPS) is 15.3. The molecule has 0 aromatic rings. The number of rotatable bonds is 11. The third-order valence-electron chi connectivity index (χ3n) is 3.21. The van der Waals surface area contributed by atoms with Gasteiger partial charge in [0.05, 0.1) is 19.6 Å². The summed E-state index contributed by atoms with van der Waals surface area (Å²) < 4.78 is 14.4. The lowest BCUT2D eigenvalue weighted by Crippen LogP contribution is -2.40. The summed E-state index contributed by atoms with van der Waals surface area (Å²) in [4.78, 5) is 33.9. The average molecular weight is 344 g/mol. The van der Waals surface area contributed by atoms with E-state index >= 15 is 0 Å². The van der Waals surface area contributed by atoms with Crippen molar-refractivity contribution >= 4 is 17.9 Å². The van der Waals surface area contributed by atoms with E-state index in [1.54, 1.807) is 6.92 Å². The number of carbonyl (C=O) groups excluding carboxylic acids is 3. The zero-order valence-electron chi connectivity index (χ0n) is 13.8. The zero-order valence-corrected chi connectivity index (χ0v) is 13.8. The highest BCUT2D eigenvalue weighted by Crippen LogP contribution is 2.17. The molecule has 0 amide bonds. The van der Waals surface area contributed by atoms with E-state index in [-0.39, 0.29) is 12.8 Å². The van der Waals surface area contributed by atoms with E-state index in [0.29, 0.717) is 0 Å². The third-order valence-corrected chi connectivity index (χ3v) is 3.21. The van der Waals surface area contributed by atoms with Crippen LogP contribution in [-0.4, -0.2) is 59.6 Å². The Morgan fingerprint density at radius 3 is 1.92 bits per heavy atom. The number of aliphatic hydroxyl groups excluding tert-OH is 2. The number of methoxy groups -OCH3 is 1. The van der Waals surface area contributed by atoms with E-state index in [0.717, 1.165) is 19.3 Å². The summed E-state index contributed by atoms with van der Waals surface area (Å²) in [6.45, 7) is 8.18. The van der Waals surface area contributed by atoms with E-state index in [2.05, 4.69) is 17.9 Å². The lowest BCUT2D eigenvalue weighted by Gasteiger charge is -2.27. The monoisotopic (exact) mass is 344 g/mol. The fourth-order valence-electron chi connectivity index (χ4n) is 1.89. The fraction of sp³-hybridized carbons (Fsp3) is 0.562. The summed E-state index contributed by atoms with van der Waals surface area (Å²) in [6.07, 6.45) is -3.27. The Hall–Kier alpha value is -2.19. The number of ether oxygens (including phenoxy) is 3.